The molecular weight excluding hydrogens is 238 g/mol. The molecule has 112 valence electrons. The molecule has 0 fully saturated rings. The molecule has 0 aromatic heterocycles. The van der Waals surface area contributed by atoms with Gasteiger partial charge in [0, 0.05) is 6.04 Å². The Morgan fingerprint density at radius 3 is 2.05 bits per heavy atom. The summed E-state index contributed by atoms with van der Waals surface area (Å²) in [5.74, 6) is -0.174. The number of unbranched alkanes of at least 4 members (excludes halogenated alkanes) is 2. The van der Waals surface area contributed by atoms with Crippen LogP contribution >= 0.6 is 0 Å². The van der Waals surface area contributed by atoms with Crippen LogP contribution in [0.5, 0.6) is 0 Å². The molecule has 0 saturated heterocycles. The summed E-state index contributed by atoms with van der Waals surface area (Å²) in [5.41, 5.74) is 5.72. The van der Waals surface area contributed by atoms with Crippen molar-refractivity contribution in [1.29, 1.82) is 0 Å². The average molecular weight is 270 g/mol. The molecule has 0 saturated carbocycles. The van der Waals surface area contributed by atoms with E-state index in [-0.39, 0.29) is 23.5 Å². The zero-order chi connectivity index (χ0) is 15.3. The Kier molecular flexibility index (Phi) is 6.92. The fraction of sp³-hybridized carbons (Fsp3) is 0.875. The van der Waals surface area contributed by atoms with Gasteiger partial charge < -0.3 is 10.5 Å². The van der Waals surface area contributed by atoms with Gasteiger partial charge in [-0.1, -0.05) is 20.8 Å². The van der Waals surface area contributed by atoms with Crippen molar-refractivity contribution in [3.63, 3.8) is 0 Å². The normalized spacial score (nSPS) is 15.9. The molecule has 0 rings (SSSR count). The number of carbonyl (C=O) groups excluding carboxylic acids is 1. The maximum atomic E-state index is 12.0. The first kappa shape index (κ1) is 18.3. The summed E-state index contributed by atoms with van der Waals surface area (Å²) in [6.45, 7) is 15.7. The second kappa shape index (κ2) is 7.18. The van der Waals surface area contributed by atoms with Crippen LogP contribution in [0.25, 0.3) is 0 Å². The van der Waals surface area contributed by atoms with E-state index in [0.29, 0.717) is 0 Å². The van der Waals surface area contributed by atoms with E-state index in [1.54, 1.807) is 0 Å². The summed E-state index contributed by atoms with van der Waals surface area (Å²) in [6, 6.07) is -0.149. The zero-order valence-electron chi connectivity index (χ0n) is 13.6. The molecule has 0 aliphatic heterocycles. The van der Waals surface area contributed by atoms with Crippen LogP contribution in [0.2, 0.25) is 0 Å². The lowest BCUT2D eigenvalue weighted by Crippen LogP contribution is -2.48. The molecule has 0 aliphatic carbocycles. The highest BCUT2D eigenvalue weighted by molar-refractivity contribution is 5.75. The van der Waals surface area contributed by atoms with E-state index in [1.807, 2.05) is 20.8 Å². The Morgan fingerprint density at radius 2 is 1.68 bits per heavy atom. The first-order chi connectivity index (χ1) is 8.50. The highest BCUT2D eigenvalue weighted by Gasteiger charge is 2.34. The van der Waals surface area contributed by atoms with Crippen LogP contribution in [-0.2, 0) is 9.53 Å². The maximum absolute atomic E-state index is 12.0. The van der Waals surface area contributed by atoms with E-state index in [2.05, 4.69) is 27.7 Å². The van der Waals surface area contributed by atoms with Crippen LogP contribution in [-0.4, -0.2) is 18.1 Å². The molecule has 0 bridgehead atoms. The first-order valence-electron chi connectivity index (χ1n) is 7.26. The number of carbonyl (C=O) groups is 1. The molecule has 0 aromatic carbocycles. The van der Waals surface area contributed by atoms with Crippen LogP contribution in [0.4, 0.5) is 0 Å². The number of hydrogen-bond donors (Lipinski definition) is 1. The fourth-order valence-corrected chi connectivity index (χ4v) is 1.71. The third-order valence-electron chi connectivity index (χ3n) is 3.26. The van der Waals surface area contributed by atoms with Gasteiger partial charge in [0.15, 0.2) is 0 Å². The summed E-state index contributed by atoms with van der Waals surface area (Å²) < 4.78 is 5.67. The highest BCUT2D eigenvalue weighted by atomic mass is 16.5. The van der Waals surface area contributed by atoms with Gasteiger partial charge in [0.05, 0.1) is 18.8 Å². The molecule has 0 amide bonds. The average Bonchev–Trinajstić information content (AvgIpc) is 2.24. The summed E-state index contributed by atoms with van der Waals surface area (Å²) in [6.07, 6.45) is 3.55. The monoisotopic (exact) mass is 270 g/mol. The van der Waals surface area contributed by atoms with Gasteiger partial charge in [0.25, 0.3) is 0 Å². The third-order valence-corrected chi connectivity index (χ3v) is 3.26. The molecule has 2 atom stereocenters. The summed E-state index contributed by atoms with van der Waals surface area (Å²) >= 11 is 0. The van der Waals surface area contributed by atoms with Crippen molar-refractivity contribution in [2.75, 3.05) is 0 Å². The van der Waals surface area contributed by atoms with Gasteiger partial charge in [-0.3, -0.25) is 4.79 Å². The quantitative estimate of drug-likeness (QED) is 0.455. The smallest absolute Gasteiger partial charge is 0.311 e. The summed E-state index contributed by atoms with van der Waals surface area (Å²) in [4.78, 5) is 12.0. The fourth-order valence-electron chi connectivity index (χ4n) is 1.71. The van der Waals surface area contributed by atoms with Crippen molar-refractivity contribution in [3.05, 3.63) is 6.92 Å². The van der Waals surface area contributed by atoms with Crippen molar-refractivity contribution in [2.45, 2.75) is 79.4 Å². The predicted octanol–water partition coefficient (Wildman–Crippen LogP) is 3.71. The van der Waals surface area contributed by atoms with E-state index in [9.17, 15) is 4.79 Å². The molecule has 2 unspecified atom stereocenters. The van der Waals surface area contributed by atoms with E-state index < -0.39 is 5.41 Å². The van der Waals surface area contributed by atoms with Gasteiger partial charge in [-0.25, -0.2) is 0 Å². The van der Waals surface area contributed by atoms with Gasteiger partial charge in [0.2, 0.25) is 0 Å². The second-order valence-corrected chi connectivity index (χ2v) is 7.43. The SMILES string of the molecule is [CH2+]CCCCC(OC(=O)C(C)(C)C)C(N)C(C)(C)C. The largest absolute Gasteiger partial charge is 0.460 e. The summed E-state index contributed by atoms with van der Waals surface area (Å²) in [7, 11) is 0. The predicted molar refractivity (Wildman–Crippen MR) is 80.6 cm³/mol. The maximum Gasteiger partial charge on any atom is 0.311 e. The molecule has 0 aromatic rings. The minimum atomic E-state index is -0.484. The van der Waals surface area contributed by atoms with Crippen LogP contribution in [0.15, 0.2) is 0 Å². The van der Waals surface area contributed by atoms with Crippen molar-refractivity contribution in [2.24, 2.45) is 16.6 Å². The third kappa shape index (κ3) is 6.86. The lowest BCUT2D eigenvalue weighted by Gasteiger charge is -2.35. The van der Waals surface area contributed by atoms with Gasteiger partial charge >= 0.3 is 5.97 Å². The second-order valence-electron chi connectivity index (χ2n) is 7.43. The van der Waals surface area contributed by atoms with E-state index in [1.165, 1.54) is 0 Å². The molecular formula is C16H32NO2+. The minimum Gasteiger partial charge on any atom is -0.460 e. The molecule has 0 aliphatic rings. The number of hydrogen-bond acceptors (Lipinski definition) is 3. The van der Waals surface area contributed by atoms with Crippen LogP contribution in [0, 0.1) is 17.8 Å². The number of rotatable bonds is 6. The first-order valence-corrected chi connectivity index (χ1v) is 7.26. The summed E-state index contributed by atoms with van der Waals surface area (Å²) in [5, 5.41) is 0. The Hall–Kier alpha value is -0.700. The number of ether oxygens (including phenoxy) is 1. The Balaban J connectivity index is 4.72. The van der Waals surface area contributed by atoms with Crippen LogP contribution in [0.3, 0.4) is 0 Å². The number of nitrogens with two attached hydrogens (primary N) is 1. The molecule has 0 spiro atoms. The zero-order valence-corrected chi connectivity index (χ0v) is 13.6. The molecule has 2 N–H and O–H groups in total. The molecule has 0 heterocycles. The van der Waals surface area contributed by atoms with E-state index in [0.717, 1.165) is 25.7 Å². The molecule has 0 radical (unpaired) electrons. The topological polar surface area (TPSA) is 52.3 Å². The Morgan fingerprint density at radius 1 is 1.16 bits per heavy atom. The van der Waals surface area contributed by atoms with Crippen molar-refractivity contribution < 1.29 is 9.53 Å². The van der Waals surface area contributed by atoms with Crippen molar-refractivity contribution in [3.8, 4) is 0 Å². The standard InChI is InChI=1S/C16H32NO2/c1-8-9-10-11-12(13(17)15(2,3)4)19-14(18)16(5,6)7/h12-13H,1,8-11,17H2,2-7H3/q+1. The van der Waals surface area contributed by atoms with E-state index >= 15 is 0 Å². The number of esters is 1. The van der Waals surface area contributed by atoms with Gasteiger partial charge in [-0.15, -0.1) is 0 Å². The lowest BCUT2D eigenvalue weighted by molar-refractivity contribution is -0.161. The Labute approximate surface area is 119 Å². The highest BCUT2D eigenvalue weighted by Crippen LogP contribution is 2.26. The minimum absolute atomic E-state index is 0.0761. The van der Waals surface area contributed by atoms with E-state index in [4.69, 9.17) is 10.5 Å². The van der Waals surface area contributed by atoms with Crippen LogP contribution in [0.1, 0.15) is 67.2 Å². The van der Waals surface area contributed by atoms with Gasteiger partial charge in [0.1, 0.15) is 6.10 Å². The van der Waals surface area contributed by atoms with Gasteiger partial charge in [-0.05, 0) is 45.4 Å². The van der Waals surface area contributed by atoms with Crippen molar-refractivity contribution >= 4 is 5.97 Å². The van der Waals surface area contributed by atoms with Crippen LogP contribution < -0.4 is 5.73 Å². The Bertz CT molecular complexity index is 273. The molecule has 3 heteroatoms. The molecule has 19 heavy (non-hydrogen) atoms. The van der Waals surface area contributed by atoms with Crippen molar-refractivity contribution in [1.82, 2.24) is 0 Å². The lowest BCUT2D eigenvalue weighted by atomic mass is 9.82. The molecule has 3 nitrogen and oxygen atoms in total. The van der Waals surface area contributed by atoms with Gasteiger partial charge in [-0.2, -0.15) is 0 Å².